The molecule has 0 bridgehead atoms. The van der Waals surface area contributed by atoms with Crippen molar-refractivity contribution in [2.24, 2.45) is 5.73 Å². The summed E-state index contributed by atoms with van der Waals surface area (Å²) in [5.74, 6) is -2.41. The third-order valence-corrected chi connectivity index (χ3v) is 4.44. The largest absolute Gasteiger partial charge is 0.351 e. The van der Waals surface area contributed by atoms with Gasteiger partial charge in [-0.1, -0.05) is 30.3 Å². The zero-order valence-electron chi connectivity index (χ0n) is 12.7. The summed E-state index contributed by atoms with van der Waals surface area (Å²) >= 11 is 0. The third kappa shape index (κ3) is 2.97. The minimum Gasteiger partial charge on any atom is -0.351 e. The van der Waals surface area contributed by atoms with Crippen LogP contribution in [0, 0.1) is 11.6 Å². The molecule has 1 amide bonds. The molecule has 3 N–H and O–H groups in total. The van der Waals surface area contributed by atoms with E-state index in [-0.39, 0.29) is 23.6 Å². The van der Waals surface area contributed by atoms with Crippen LogP contribution in [0.1, 0.15) is 35.6 Å². The first kappa shape index (κ1) is 15.6. The van der Waals surface area contributed by atoms with Gasteiger partial charge in [-0.05, 0) is 30.5 Å². The molecule has 0 radical (unpaired) electrons. The summed E-state index contributed by atoms with van der Waals surface area (Å²) in [5, 5.41) is 2.89. The molecule has 3 nitrogen and oxygen atoms in total. The lowest BCUT2D eigenvalue weighted by Crippen LogP contribution is -2.42. The zero-order valence-corrected chi connectivity index (χ0v) is 12.7. The van der Waals surface area contributed by atoms with Crippen molar-refractivity contribution >= 4 is 5.91 Å². The van der Waals surface area contributed by atoms with Crippen LogP contribution >= 0.6 is 0 Å². The van der Waals surface area contributed by atoms with Crippen molar-refractivity contribution in [1.29, 1.82) is 0 Å². The molecule has 3 rings (SSSR count). The Morgan fingerprint density at radius 1 is 1.26 bits per heavy atom. The van der Waals surface area contributed by atoms with Gasteiger partial charge in [0.2, 0.25) is 5.91 Å². The van der Waals surface area contributed by atoms with E-state index in [0.717, 1.165) is 23.3 Å². The number of nitrogens with one attached hydrogen (secondary N) is 1. The van der Waals surface area contributed by atoms with Crippen molar-refractivity contribution in [2.75, 3.05) is 0 Å². The standard InChI is InChI=1S/C18H18F2N2O/c1-10(13-7-6-12(19)9-15(13)20)18(23)22-16-8-11-4-2-3-5-14(11)17(16)21/h2-7,9-10,16-17H,8,21H2,1H3,(H,22,23)/t10-,16?,17-/m0/s1. The molecule has 0 heterocycles. The molecule has 120 valence electrons. The molecule has 1 aliphatic rings. The van der Waals surface area contributed by atoms with Crippen molar-refractivity contribution in [3.05, 3.63) is 70.8 Å². The van der Waals surface area contributed by atoms with Gasteiger partial charge >= 0.3 is 0 Å². The second-order valence-electron chi connectivity index (χ2n) is 5.93. The normalized spacial score (nSPS) is 20.9. The van der Waals surface area contributed by atoms with Crippen LogP contribution in [0.15, 0.2) is 42.5 Å². The van der Waals surface area contributed by atoms with Crippen LogP contribution in [0.4, 0.5) is 8.78 Å². The van der Waals surface area contributed by atoms with Gasteiger partial charge in [0.15, 0.2) is 0 Å². The smallest absolute Gasteiger partial charge is 0.227 e. The van der Waals surface area contributed by atoms with Gasteiger partial charge in [-0.25, -0.2) is 8.78 Å². The monoisotopic (exact) mass is 316 g/mol. The minimum atomic E-state index is -0.716. The summed E-state index contributed by atoms with van der Waals surface area (Å²) in [5.41, 5.74) is 8.51. The highest BCUT2D eigenvalue weighted by molar-refractivity contribution is 5.83. The highest BCUT2D eigenvalue weighted by atomic mass is 19.1. The van der Waals surface area contributed by atoms with E-state index in [1.54, 1.807) is 6.92 Å². The van der Waals surface area contributed by atoms with Crippen molar-refractivity contribution < 1.29 is 13.6 Å². The number of halogens is 2. The average Bonchev–Trinajstić information content (AvgIpc) is 2.83. The lowest BCUT2D eigenvalue weighted by Gasteiger charge is -2.21. The fraction of sp³-hybridized carbons (Fsp3) is 0.278. The van der Waals surface area contributed by atoms with E-state index in [1.165, 1.54) is 6.07 Å². The minimum absolute atomic E-state index is 0.174. The van der Waals surface area contributed by atoms with Gasteiger partial charge < -0.3 is 11.1 Å². The maximum absolute atomic E-state index is 13.8. The third-order valence-electron chi connectivity index (χ3n) is 4.44. The number of benzene rings is 2. The van der Waals surface area contributed by atoms with Gasteiger partial charge in [-0.2, -0.15) is 0 Å². The van der Waals surface area contributed by atoms with Crippen LogP contribution in [0.25, 0.3) is 0 Å². The van der Waals surface area contributed by atoms with Crippen LogP contribution in [0.2, 0.25) is 0 Å². The van der Waals surface area contributed by atoms with Crippen molar-refractivity contribution in [2.45, 2.75) is 31.3 Å². The Balaban J connectivity index is 1.73. The Hall–Kier alpha value is -2.27. The highest BCUT2D eigenvalue weighted by Gasteiger charge is 2.32. The quantitative estimate of drug-likeness (QED) is 0.915. The van der Waals surface area contributed by atoms with E-state index in [1.807, 2.05) is 24.3 Å². The molecule has 1 aliphatic carbocycles. The van der Waals surface area contributed by atoms with Gasteiger partial charge in [-0.15, -0.1) is 0 Å². The molecule has 2 aromatic carbocycles. The Kier molecular flexibility index (Phi) is 4.13. The zero-order chi connectivity index (χ0) is 16.6. The van der Waals surface area contributed by atoms with Gasteiger partial charge in [-0.3, -0.25) is 4.79 Å². The van der Waals surface area contributed by atoms with Gasteiger partial charge in [0.1, 0.15) is 11.6 Å². The lowest BCUT2D eigenvalue weighted by atomic mass is 9.98. The van der Waals surface area contributed by atoms with Crippen molar-refractivity contribution in [3.63, 3.8) is 0 Å². The molecule has 2 aromatic rings. The molecule has 3 atom stereocenters. The van der Waals surface area contributed by atoms with E-state index in [0.29, 0.717) is 6.42 Å². The Bertz CT molecular complexity index is 748. The van der Waals surface area contributed by atoms with Gasteiger partial charge in [0, 0.05) is 11.6 Å². The molecule has 23 heavy (non-hydrogen) atoms. The molecule has 0 spiro atoms. The van der Waals surface area contributed by atoms with Crippen molar-refractivity contribution in [1.82, 2.24) is 5.32 Å². The molecule has 0 saturated heterocycles. The van der Waals surface area contributed by atoms with E-state index < -0.39 is 17.6 Å². The molecule has 1 unspecified atom stereocenters. The Labute approximate surface area is 133 Å². The predicted molar refractivity (Wildman–Crippen MR) is 83.8 cm³/mol. The highest BCUT2D eigenvalue weighted by Crippen LogP contribution is 2.30. The summed E-state index contributed by atoms with van der Waals surface area (Å²) in [7, 11) is 0. The SMILES string of the molecule is C[C@H](C(=O)NC1Cc2ccccc2[C@@H]1N)c1ccc(F)cc1F. The second-order valence-corrected chi connectivity index (χ2v) is 5.93. The summed E-state index contributed by atoms with van der Waals surface area (Å²) in [6, 6.07) is 10.5. The van der Waals surface area contributed by atoms with Gasteiger partial charge in [0.25, 0.3) is 0 Å². The number of rotatable bonds is 3. The van der Waals surface area contributed by atoms with E-state index >= 15 is 0 Å². The Morgan fingerprint density at radius 2 is 2.00 bits per heavy atom. The van der Waals surface area contributed by atoms with Crippen LogP contribution in [0.5, 0.6) is 0 Å². The molecular weight excluding hydrogens is 298 g/mol. The summed E-state index contributed by atoms with van der Waals surface area (Å²) in [6.45, 7) is 1.60. The number of hydrogen-bond donors (Lipinski definition) is 2. The molecule has 0 fully saturated rings. The maximum atomic E-state index is 13.8. The van der Waals surface area contributed by atoms with Crippen LogP contribution < -0.4 is 11.1 Å². The molecule has 5 heteroatoms. The number of hydrogen-bond acceptors (Lipinski definition) is 2. The predicted octanol–water partition coefficient (Wildman–Crippen LogP) is 2.81. The first-order valence-electron chi connectivity index (χ1n) is 7.56. The van der Waals surface area contributed by atoms with Crippen LogP contribution in [-0.4, -0.2) is 11.9 Å². The molecular formula is C18H18F2N2O. The molecule has 0 aromatic heterocycles. The van der Waals surface area contributed by atoms with Crippen LogP contribution in [0.3, 0.4) is 0 Å². The van der Waals surface area contributed by atoms with Crippen LogP contribution in [-0.2, 0) is 11.2 Å². The first-order valence-corrected chi connectivity index (χ1v) is 7.56. The van der Waals surface area contributed by atoms with Gasteiger partial charge in [0.05, 0.1) is 18.0 Å². The van der Waals surface area contributed by atoms with Crippen molar-refractivity contribution in [3.8, 4) is 0 Å². The second kappa shape index (κ2) is 6.08. The number of carbonyl (C=O) groups is 1. The maximum Gasteiger partial charge on any atom is 0.227 e. The number of fused-ring (bicyclic) bond motifs is 1. The molecule has 0 saturated carbocycles. The number of carbonyl (C=O) groups excluding carboxylic acids is 1. The summed E-state index contributed by atoms with van der Waals surface area (Å²) in [4.78, 5) is 12.4. The fourth-order valence-electron chi connectivity index (χ4n) is 3.07. The Morgan fingerprint density at radius 3 is 2.70 bits per heavy atom. The molecule has 0 aliphatic heterocycles. The van der Waals surface area contributed by atoms with E-state index in [4.69, 9.17) is 5.73 Å². The summed E-state index contributed by atoms with van der Waals surface area (Å²) in [6.07, 6.45) is 0.654. The average molecular weight is 316 g/mol. The summed E-state index contributed by atoms with van der Waals surface area (Å²) < 4.78 is 26.8. The topological polar surface area (TPSA) is 55.1 Å². The lowest BCUT2D eigenvalue weighted by molar-refractivity contribution is -0.123. The fourth-order valence-corrected chi connectivity index (χ4v) is 3.07. The first-order chi connectivity index (χ1) is 11.0. The van der Waals surface area contributed by atoms with E-state index in [2.05, 4.69) is 5.32 Å². The number of amides is 1. The number of nitrogens with two attached hydrogens (primary N) is 1. The van der Waals surface area contributed by atoms with E-state index in [9.17, 15) is 13.6 Å².